The summed E-state index contributed by atoms with van der Waals surface area (Å²) in [5.74, 6) is 0.398. The van der Waals surface area contributed by atoms with E-state index in [4.69, 9.17) is 9.47 Å². The number of benzene rings is 3. The molecule has 0 N–H and O–H groups in total. The molecule has 6 amide bonds. The lowest BCUT2D eigenvalue weighted by molar-refractivity contribution is -0.751. The van der Waals surface area contributed by atoms with Gasteiger partial charge in [0.1, 0.15) is 17.5 Å². The number of amides is 6. The lowest BCUT2D eigenvalue weighted by Gasteiger charge is -2.20. The Kier molecular flexibility index (Phi) is 36.8. The van der Waals surface area contributed by atoms with Crippen molar-refractivity contribution in [3.05, 3.63) is 228 Å². The maximum absolute atomic E-state index is 11.8. The smallest absolute Gasteiger partial charge is 0.329 e. The maximum Gasteiger partial charge on any atom is 0.329 e. The van der Waals surface area contributed by atoms with Gasteiger partial charge >= 0.3 is 18.0 Å². The van der Waals surface area contributed by atoms with E-state index in [-0.39, 0.29) is 35.9 Å². The minimum atomic E-state index is -0.847. The summed E-state index contributed by atoms with van der Waals surface area (Å²) >= 11 is 3.33. The number of piperidine rings is 1. The fourth-order valence-corrected chi connectivity index (χ4v) is 10.2. The van der Waals surface area contributed by atoms with Gasteiger partial charge in [0.2, 0.25) is 5.88 Å². The standard InChI is InChI=1S/C12H14N2O3.C11H13N2.C10H10N2.C7H9NO2.C6H10N2O2.C6H10N2.C6H13N.C5H7BrN2.2C5H9N2.C5H8N2/c1-3-14-11(10(15)13(2)12(14)16)17-9-7-5-4-6-8-9;1-10-8-12(2)13(9-10)11-6-4-3-5-7-11;1-12-8-7-10(11-12)9-5-3-2-4-6-9;1-6(9)10-7-4-3-5-8(7)2;1-4-5(9)8(3)6(10)7(4)2;1-5-4-6(2)8(3)7-5;1-7-5-3-2-4-6-7;1-4-5(6)3-8(2)7-4;2*1-6-4-3-5-7(6)2;1-5-3-4-6-7(5)2/h4-8,11H,3H2,1-2H3;3-9H,1-2H3;2-8H,1H3;3-5H,1-2H3;4H,1-3H3;4H,1-3H3;2-6H2,1H3;3H,1-2H3;2*3-5H,1-2H3;3-4H,1-2H3/q;+1;;;;;;;2*+1;. The molecule has 3 aliphatic heterocycles. The maximum atomic E-state index is 11.8. The Balaban J connectivity index is 0.000000250. The first-order valence-electron chi connectivity index (χ1n) is 34.7. The average molecular weight is 1520 g/mol. The highest BCUT2D eigenvalue weighted by Gasteiger charge is 2.44. The number of ether oxygens (including phenoxy) is 2. The molecule has 3 aliphatic rings. The molecule has 27 nitrogen and oxygen atoms in total. The van der Waals surface area contributed by atoms with Crippen LogP contribution in [0.5, 0.6) is 11.6 Å². The molecule has 0 saturated carbocycles. The fourth-order valence-electron chi connectivity index (χ4n) is 9.86. The zero-order valence-electron chi connectivity index (χ0n) is 66.1. The van der Waals surface area contributed by atoms with Crippen LogP contribution in [0.2, 0.25) is 0 Å². The second-order valence-electron chi connectivity index (χ2n) is 25.3. The highest BCUT2D eigenvalue weighted by Crippen LogP contribution is 2.21. The van der Waals surface area contributed by atoms with Crippen LogP contribution in [0.1, 0.15) is 68.4 Å². The second-order valence-corrected chi connectivity index (χ2v) is 26.1. The quantitative estimate of drug-likeness (QED) is 0.0862. The first-order chi connectivity index (χ1) is 50.2. The van der Waals surface area contributed by atoms with Crippen molar-refractivity contribution < 1.29 is 47.5 Å². The van der Waals surface area contributed by atoms with Gasteiger partial charge in [0.25, 0.3) is 18.0 Å². The molecule has 106 heavy (non-hydrogen) atoms. The second kappa shape index (κ2) is 44.6. The van der Waals surface area contributed by atoms with Crippen LogP contribution in [0.15, 0.2) is 200 Å². The molecule has 0 spiro atoms. The summed E-state index contributed by atoms with van der Waals surface area (Å²) in [6, 6.07) is 42.2. The molecule has 0 bridgehead atoms. The third kappa shape index (κ3) is 29.3. The van der Waals surface area contributed by atoms with Gasteiger partial charge in [-0.25, -0.2) is 9.59 Å². The predicted molar refractivity (Wildman–Crippen MR) is 415 cm³/mol. The zero-order valence-corrected chi connectivity index (χ0v) is 67.6. The molecule has 0 aliphatic carbocycles. The van der Waals surface area contributed by atoms with E-state index < -0.39 is 6.23 Å². The number of imide groups is 2. The summed E-state index contributed by atoms with van der Waals surface area (Å²) in [5, 5.41) is 16.4. The SMILES string of the molecule is CC(=O)Oc1cccn1C.CC1C(=O)N(C)C(=O)N1C.CCN1C(=O)N(C)C(=O)C1Oc1ccccc1.CN1CCCCC1.Cc1cc(C)n(C)n1.Cc1ccnn1C.Cc1cn(-c2ccccc2)[n+](C)c1.Cc1nn(C)cc1Br.Cn1ccc(-c2ccccc2)n1.Cn1ccc[n+]1C.Cn1ccc[n+]1C. The lowest BCUT2D eigenvalue weighted by Crippen LogP contribution is -2.39. The average Bonchev–Trinajstić information content (AvgIpc) is 1.66. The number of urea groups is 2. The van der Waals surface area contributed by atoms with Crippen LogP contribution in [0.25, 0.3) is 16.9 Å². The third-order valence-corrected chi connectivity index (χ3v) is 17.4. The molecule has 2 atom stereocenters. The first-order valence-corrected chi connectivity index (χ1v) is 35.5. The van der Waals surface area contributed by atoms with Gasteiger partial charge in [0.05, 0.1) is 54.2 Å². The number of nitrogens with zero attached hydrogens (tertiary/aromatic N) is 20. The van der Waals surface area contributed by atoms with E-state index in [9.17, 15) is 24.0 Å². The van der Waals surface area contributed by atoms with Crippen molar-refractivity contribution in [2.75, 3.05) is 47.8 Å². The summed E-state index contributed by atoms with van der Waals surface area (Å²) in [5.41, 5.74) is 9.18. The summed E-state index contributed by atoms with van der Waals surface area (Å²) in [6.45, 7) is 18.1. The Morgan fingerprint density at radius 1 is 0.585 bits per heavy atom. The number of rotatable bonds is 6. The predicted octanol–water partition coefficient (Wildman–Crippen LogP) is 9.91. The number of para-hydroxylation sites is 2. The van der Waals surface area contributed by atoms with E-state index in [1.807, 2.05) is 266 Å². The van der Waals surface area contributed by atoms with Gasteiger partial charge in [-0.2, -0.15) is 29.8 Å². The van der Waals surface area contributed by atoms with Crippen molar-refractivity contribution in [2.24, 2.45) is 70.5 Å². The fraction of sp³-hybridized carbons (Fsp3) is 0.385. The van der Waals surface area contributed by atoms with Gasteiger partial charge in [-0.15, -0.1) is 18.7 Å². The summed E-state index contributed by atoms with van der Waals surface area (Å²) in [4.78, 5) is 63.3. The molecule has 8 aromatic heterocycles. The van der Waals surface area contributed by atoms with Crippen LogP contribution in [-0.4, -0.2) is 172 Å². The Bertz CT molecular complexity index is 4140. The number of likely N-dealkylation sites (tertiary alicyclic amines) is 1. The van der Waals surface area contributed by atoms with Crippen LogP contribution < -0.4 is 23.5 Å². The third-order valence-electron chi connectivity index (χ3n) is 16.6. The highest BCUT2D eigenvalue weighted by atomic mass is 79.9. The Labute approximate surface area is 634 Å². The summed E-state index contributed by atoms with van der Waals surface area (Å²) < 4.78 is 32.6. The normalized spacial score (nSPS) is 14.0. The molecule has 11 aromatic rings. The number of halogens is 1. The monoisotopic (exact) mass is 1520 g/mol. The Hall–Kier alpha value is -11.0. The molecular formula is C78H112BrN20O7+3. The number of aromatic nitrogens is 15. The van der Waals surface area contributed by atoms with Crippen LogP contribution in [0, 0.1) is 34.6 Å². The zero-order chi connectivity index (χ0) is 78.7. The van der Waals surface area contributed by atoms with E-state index in [2.05, 4.69) is 107 Å². The van der Waals surface area contributed by atoms with Crippen molar-refractivity contribution in [3.8, 4) is 28.6 Å². The molecule has 570 valence electrons. The highest BCUT2D eigenvalue weighted by molar-refractivity contribution is 9.10. The molecule has 3 fully saturated rings. The molecular weight excluding hydrogens is 1410 g/mol. The van der Waals surface area contributed by atoms with E-state index in [0.29, 0.717) is 18.2 Å². The van der Waals surface area contributed by atoms with E-state index in [1.165, 1.54) is 85.8 Å². The van der Waals surface area contributed by atoms with E-state index in [1.54, 1.807) is 47.6 Å². The largest absolute Gasteiger partial charge is 0.461 e. The van der Waals surface area contributed by atoms with E-state index >= 15 is 0 Å². The van der Waals surface area contributed by atoms with Crippen LogP contribution in [0.4, 0.5) is 9.59 Å². The van der Waals surface area contributed by atoms with Gasteiger partial charge in [0, 0.05) is 135 Å². The van der Waals surface area contributed by atoms with Crippen molar-refractivity contribution in [2.45, 2.75) is 86.9 Å². The number of aryl methyl sites for hydroxylation is 15. The van der Waals surface area contributed by atoms with Crippen LogP contribution >= 0.6 is 15.9 Å². The summed E-state index contributed by atoms with van der Waals surface area (Å²) in [6.07, 6.45) is 23.1. The molecule has 11 heterocycles. The molecule has 2 unspecified atom stereocenters. The number of esters is 1. The Morgan fingerprint density at radius 2 is 1.15 bits per heavy atom. The van der Waals surface area contributed by atoms with Gasteiger partial charge in [-0.1, -0.05) is 73.2 Å². The van der Waals surface area contributed by atoms with Crippen molar-refractivity contribution >= 4 is 45.8 Å². The first kappa shape index (κ1) is 87.4. The molecule has 14 rings (SSSR count). The van der Waals surface area contributed by atoms with Crippen molar-refractivity contribution in [3.63, 3.8) is 0 Å². The minimum Gasteiger partial charge on any atom is -0.461 e. The van der Waals surface area contributed by atoms with Crippen molar-refractivity contribution in [1.82, 2.24) is 82.2 Å². The number of likely N-dealkylation sites (N-methyl/N-ethyl adjacent to an activating group) is 4. The molecule has 3 aromatic carbocycles. The van der Waals surface area contributed by atoms with Gasteiger partial charge in [0.15, 0.2) is 39.7 Å². The molecule has 3 saturated heterocycles. The minimum absolute atomic E-state index is 0.132. The number of carbonyl (C=O) groups is 5. The lowest BCUT2D eigenvalue weighted by atomic mass is 10.1. The van der Waals surface area contributed by atoms with Gasteiger partial charge in [-0.05, 0) is 146 Å². The van der Waals surface area contributed by atoms with Crippen LogP contribution in [0.3, 0.4) is 0 Å². The van der Waals surface area contributed by atoms with Gasteiger partial charge in [-0.3, -0.25) is 47.8 Å². The van der Waals surface area contributed by atoms with Crippen LogP contribution in [-0.2, 0) is 84.9 Å². The van der Waals surface area contributed by atoms with E-state index in [0.717, 1.165) is 36.9 Å². The number of carbonyl (C=O) groups excluding carboxylic acids is 5. The van der Waals surface area contributed by atoms with Gasteiger partial charge < -0.3 is 23.8 Å². The Morgan fingerprint density at radius 3 is 1.46 bits per heavy atom. The molecule has 28 heteroatoms. The number of hydrogen-bond donors (Lipinski definition) is 0. The summed E-state index contributed by atoms with van der Waals surface area (Å²) in [7, 11) is 26.3. The number of hydrogen-bond acceptors (Lipinski definition) is 12. The molecule has 0 radical (unpaired) electrons. The topological polar surface area (TPSA) is 223 Å². The van der Waals surface area contributed by atoms with Crippen molar-refractivity contribution in [1.29, 1.82) is 0 Å².